The van der Waals surface area contributed by atoms with E-state index in [9.17, 15) is 23.2 Å². The molecule has 1 amide bonds. The molecule has 1 aliphatic rings. The molecule has 0 spiro atoms. The van der Waals surface area contributed by atoms with Crippen LogP contribution in [0.1, 0.15) is 30.0 Å². The van der Waals surface area contributed by atoms with Crippen LogP contribution in [0, 0.1) is 11.3 Å². The largest absolute Gasteiger partial charge is 0.407 e. The Balaban J connectivity index is 1.75. The number of hydrogen-bond donors (Lipinski definition) is 1. The first kappa shape index (κ1) is 24.5. The number of carbonyl (C=O) groups excluding carboxylic acids is 1. The summed E-state index contributed by atoms with van der Waals surface area (Å²) in [6.45, 7) is 1.70. The van der Waals surface area contributed by atoms with Crippen LogP contribution in [0.5, 0.6) is 0 Å². The lowest BCUT2D eigenvalue weighted by molar-refractivity contribution is -0.161. The summed E-state index contributed by atoms with van der Waals surface area (Å²) >= 11 is 12.8. The number of rotatable bonds is 4. The zero-order valence-corrected chi connectivity index (χ0v) is 20.1. The molecule has 0 saturated carbocycles. The van der Waals surface area contributed by atoms with E-state index in [2.05, 4.69) is 5.32 Å². The molecule has 1 aliphatic heterocycles. The molecular formula is C25H17Cl2F3N2OS. The predicted molar refractivity (Wildman–Crippen MR) is 129 cm³/mol. The summed E-state index contributed by atoms with van der Waals surface area (Å²) in [6, 6.07) is 16.1. The van der Waals surface area contributed by atoms with E-state index in [1.807, 2.05) is 6.07 Å². The lowest BCUT2D eigenvalue weighted by atomic mass is 9.89. The van der Waals surface area contributed by atoms with Gasteiger partial charge in [-0.3, -0.25) is 4.79 Å². The Labute approximate surface area is 208 Å². The van der Waals surface area contributed by atoms with Crippen LogP contribution in [0.15, 0.2) is 59.5 Å². The Morgan fingerprint density at radius 2 is 1.74 bits per heavy atom. The van der Waals surface area contributed by atoms with Crippen LogP contribution in [0.25, 0.3) is 11.1 Å². The van der Waals surface area contributed by atoms with Crippen LogP contribution >= 0.6 is 35.0 Å². The molecule has 0 bridgehead atoms. The first-order valence-electron chi connectivity index (χ1n) is 10.3. The van der Waals surface area contributed by atoms with E-state index in [0.29, 0.717) is 32.8 Å². The van der Waals surface area contributed by atoms with E-state index in [0.717, 1.165) is 11.8 Å². The molecule has 1 heterocycles. The van der Waals surface area contributed by atoms with Gasteiger partial charge >= 0.3 is 6.18 Å². The van der Waals surface area contributed by atoms with Crippen LogP contribution in [0.4, 0.5) is 18.9 Å². The highest BCUT2D eigenvalue weighted by Gasteiger charge is 2.59. The van der Waals surface area contributed by atoms with Crippen LogP contribution in [0.3, 0.4) is 0 Å². The van der Waals surface area contributed by atoms with Gasteiger partial charge in [-0.25, -0.2) is 0 Å². The number of carbonyl (C=O) groups is 1. The number of nitrogens with zero attached hydrogens (tertiary/aromatic N) is 1. The Hall–Kier alpha value is -2.66. The van der Waals surface area contributed by atoms with E-state index in [-0.39, 0.29) is 34.4 Å². The summed E-state index contributed by atoms with van der Waals surface area (Å²) in [5, 5.41) is 12.3. The topological polar surface area (TPSA) is 52.9 Å². The molecule has 1 unspecified atom stereocenters. The van der Waals surface area contributed by atoms with Gasteiger partial charge in [0, 0.05) is 27.8 Å². The van der Waals surface area contributed by atoms with Gasteiger partial charge in [-0.15, -0.1) is 11.8 Å². The summed E-state index contributed by atoms with van der Waals surface area (Å²) in [4.78, 5) is 12.4. The van der Waals surface area contributed by atoms with Gasteiger partial charge in [0.2, 0.25) is 5.91 Å². The number of amides is 1. The second-order valence-corrected chi connectivity index (χ2v) is 10.1. The summed E-state index contributed by atoms with van der Waals surface area (Å²) in [6.07, 6.45) is -4.59. The number of benzene rings is 3. The van der Waals surface area contributed by atoms with Gasteiger partial charge in [0.1, 0.15) is 10.8 Å². The molecule has 1 N–H and O–H groups in total. The number of nitriles is 1. The van der Waals surface area contributed by atoms with Crippen molar-refractivity contribution in [1.82, 2.24) is 0 Å². The van der Waals surface area contributed by atoms with Gasteiger partial charge in [0.15, 0.2) is 0 Å². The van der Waals surface area contributed by atoms with Crippen LogP contribution < -0.4 is 5.32 Å². The quantitative estimate of drug-likeness (QED) is 0.379. The molecule has 174 valence electrons. The monoisotopic (exact) mass is 520 g/mol. The zero-order chi connectivity index (χ0) is 24.7. The first-order chi connectivity index (χ1) is 16.1. The van der Waals surface area contributed by atoms with Crippen molar-refractivity contribution in [2.24, 2.45) is 0 Å². The number of halogens is 5. The Morgan fingerprint density at radius 1 is 1.09 bits per heavy atom. The maximum absolute atomic E-state index is 14.5. The number of fused-ring (bicyclic) bond motifs is 1. The van der Waals surface area contributed by atoms with Crippen LogP contribution in [-0.4, -0.2) is 12.1 Å². The summed E-state index contributed by atoms with van der Waals surface area (Å²) in [7, 11) is 0. The van der Waals surface area contributed by atoms with E-state index in [4.69, 9.17) is 23.2 Å². The Morgan fingerprint density at radius 3 is 2.35 bits per heavy atom. The zero-order valence-electron chi connectivity index (χ0n) is 17.8. The molecular weight excluding hydrogens is 504 g/mol. The average Bonchev–Trinajstić information content (AvgIpc) is 3.19. The van der Waals surface area contributed by atoms with Crippen molar-refractivity contribution < 1.29 is 18.0 Å². The molecule has 3 aromatic rings. The minimum atomic E-state index is -4.56. The fraction of sp³-hybridized carbons (Fsp3) is 0.200. The molecule has 4 rings (SSSR count). The number of hydrogen-bond acceptors (Lipinski definition) is 3. The highest BCUT2D eigenvalue weighted by atomic mass is 35.5. The van der Waals surface area contributed by atoms with Crippen molar-refractivity contribution in [3.8, 4) is 17.2 Å². The second-order valence-electron chi connectivity index (χ2n) is 7.86. The minimum absolute atomic E-state index is 0.00295. The van der Waals surface area contributed by atoms with E-state index in [1.54, 1.807) is 43.3 Å². The minimum Gasteiger partial charge on any atom is -0.325 e. The van der Waals surface area contributed by atoms with Crippen molar-refractivity contribution in [1.29, 1.82) is 5.26 Å². The third-order valence-corrected chi connectivity index (χ3v) is 7.65. The molecule has 3 nitrogen and oxygen atoms in total. The maximum Gasteiger partial charge on any atom is 0.407 e. The molecule has 0 radical (unpaired) electrons. The van der Waals surface area contributed by atoms with E-state index in [1.165, 1.54) is 18.2 Å². The van der Waals surface area contributed by atoms with Gasteiger partial charge in [0.25, 0.3) is 0 Å². The molecule has 3 aromatic carbocycles. The molecule has 0 fully saturated rings. The molecule has 0 saturated heterocycles. The van der Waals surface area contributed by atoms with Gasteiger partial charge in [-0.2, -0.15) is 18.4 Å². The van der Waals surface area contributed by atoms with Crippen LogP contribution in [-0.2, 0) is 16.0 Å². The van der Waals surface area contributed by atoms with Crippen molar-refractivity contribution in [2.75, 3.05) is 5.32 Å². The normalized spacial score (nSPS) is 17.2. The van der Waals surface area contributed by atoms with Crippen molar-refractivity contribution >= 4 is 46.6 Å². The highest BCUT2D eigenvalue weighted by Crippen LogP contribution is 2.60. The predicted octanol–water partition coefficient (Wildman–Crippen LogP) is 7.99. The van der Waals surface area contributed by atoms with E-state index >= 15 is 0 Å². The first-order valence-corrected chi connectivity index (χ1v) is 11.8. The Kier molecular flexibility index (Phi) is 6.61. The smallest absolute Gasteiger partial charge is 0.325 e. The van der Waals surface area contributed by atoms with Gasteiger partial charge in [-0.1, -0.05) is 42.3 Å². The lowest BCUT2D eigenvalue weighted by Crippen LogP contribution is -2.39. The summed E-state index contributed by atoms with van der Waals surface area (Å²) < 4.78 is 41.2. The molecule has 9 heteroatoms. The molecule has 0 aliphatic carbocycles. The highest BCUT2D eigenvalue weighted by molar-refractivity contribution is 8.00. The number of nitrogens with one attached hydrogen (secondary N) is 1. The fourth-order valence-electron chi connectivity index (χ4n) is 3.92. The van der Waals surface area contributed by atoms with Gasteiger partial charge in [-0.05, 0) is 64.7 Å². The van der Waals surface area contributed by atoms with Gasteiger partial charge < -0.3 is 5.32 Å². The third-order valence-electron chi connectivity index (χ3n) is 5.64. The molecule has 1 atom stereocenters. The average molecular weight is 521 g/mol. The maximum atomic E-state index is 14.5. The van der Waals surface area contributed by atoms with Gasteiger partial charge in [0.05, 0.1) is 11.3 Å². The Bertz CT molecular complexity index is 1320. The summed E-state index contributed by atoms with van der Waals surface area (Å²) in [5.74, 6) is -0.242. The third kappa shape index (κ3) is 4.50. The number of alkyl halides is 3. The fourth-order valence-corrected chi connectivity index (χ4v) is 5.80. The summed E-state index contributed by atoms with van der Waals surface area (Å²) in [5.41, 5.74) is 2.56. The van der Waals surface area contributed by atoms with E-state index < -0.39 is 10.9 Å². The van der Waals surface area contributed by atoms with Crippen molar-refractivity contribution in [3.05, 3.63) is 81.3 Å². The second kappa shape index (κ2) is 9.18. The number of thioether (sulfide) groups is 1. The standard InChI is InChI=1S/C25H17Cl2F3N2OS/c1-2-23(33)32-21-8-15(3-4-16(21)13-31)14-5-6-22-17(7-14)12-24(34-22,25(28,29)30)18-9-19(26)11-20(27)10-18/h3-11H,2,12H2,1H3,(H,32,33). The molecule has 34 heavy (non-hydrogen) atoms. The SMILES string of the molecule is CCC(=O)Nc1cc(-c2ccc3c(c2)CC(c2cc(Cl)cc(Cl)c2)(C(F)(F)F)S3)ccc1C#N. The van der Waals surface area contributed by atoms with Crippen LogP contribution in [0.2, 0.25) is 10.0 Å². The van der Waals surface area contributed by atoms with Crippen molar-refractivity contribution in [2.45, 2.75) is 35.6 Å². The number of anilines is 1. The van der Waals surface area contributed by atoms with Crippen molar-refractivity contribution in [3.63, 3.8) is 0 Å². The molecule has 0 aromatic heterocycles. The lowest BCUT2D eigenvalue weighted by Gasteiger charge is -2.31.